The highest BCUT2D eigenvalue weighted by Crippen LogP contribution is 2.25. The highest BCUT2D eigenvalue weighted by molar-refractivity contribution is 6.32. The Kier molecular flexibility index (Phi) is 6.88. The second-order valence-corrected chi connectivity index (χ2v) is 7.95. The number of amides is 1. The highest BCUT2D eigenvalue weighted by atomic mass is 35.5. The molecular formula is C25H16ClN3O7. The Hall–Kier alpha value is -4.83. The van der Waals surface area contributed by atoms with Crippen LogP contribution < -0.4 is 10.9 Å². The third kappa shape index (κ3) is 5.29. The van der Waals surface area contributed by atoms with Crippen molar-refractivity contribution >= 4 is 51.5 Å². The number of anilines is 1. The second kappa shape index (κ2) is 10.2. The summed E-state index contributed by atoms with van der Waals surface area (Å²) in [6.45, 7) is -0.633. The van der Waals surface area contributed by atoms with Gasteiger partial charge in [0.1, 0.15) is 5.02 Å². The van der Waals surface area contributed by atoms with Crippen LogP contribution in [0.3, 0.4) is 0 Å². The molecule has 10 nitrogen and oxygen atoms in total. The molecule has 0 radical (unpaired) electrons. The van der Waals surface area contributed by atoms with E-state index in [0.29, 0.717) is 16.6 Å². The average Bonchev–Trinajstić information content (AvgIpc) is 2.87. The summed E-state index contributed by atoms with van der Waals surface area (Å²) in [5.74, 6) is -1.95. The van der Waals surface area contributed by atoms with E-state index >= 15 is 0 Å². The van der Waals surface area contributed by atoms with Crippen molar-refractivity contribution in [1.82, 2.24) is 4.98 Å². The fourth-order valence-electron chi connectivity index (χ4n) is 3.40. The molecule has 180 valence electrons. The normalized spacial score (nSPS) is 10.6. The number of Topliss-reactive ketones (excluding diaryl/α,β-unsaturated/α-hetero) is 1. The van der Waals surface area contributed by atoms with Gasteiger partial charge in [0.15, 0.2) is 6.61 Å². The van der Waals surface area contributed by atoms with E-state index in [-0.39, 0.29) is 21.7 Å². The Morgan fingerprint density at radius 2 is 1.67 bits per heavy atom. The minimum absolute atomic E-state index is 0.0239. The fourth-order valence-corrected chi connectivity index (χ4v) is 3.59. The van der Waals surface area contributed by atoms with Gasteiger partial charge in [0, 0.05) is 34.3 Å². The van der Waals surface area contributed by atoms with Crippen LogP contribution >= 0.6 is 11.6 Å². The van der Waals surface area contributed by atoms with Gasteiger partial charge in [-0.3, -0.25) is 24.5 Å². The number of ketones is 1. The molecule has 0 aliphatic carbocycles. The van der Waals surface area contributed by atoms with Crippen LogP contribution in [-0.2, 0) is 4.74 Å². The van der Waals surface area contributed by atoms with Crippen molar-refractivity contribution in [1.29, 1.82) is 0 Å². The molecule has 1 amide bonds. The molecule has 2 N–H and O–H groups in total. The minimum Gasteiger partial charge on any atom is -0.454 e. The zero-order valence-corrected chi connectivity index (χ0v) is 19.1. The van der Waals surface area contributed by atoms with E-state index in [1.165, 1.54) is 42.5 Å². The van der Waals surface area contributed by atoms with Gasteiger partial charge in [-0.1, -0.05) is 29.8 Å². The van der Waals surface area contributed by atoms with Crippen LogP contribution in [0.1, 0.15) is 31.1 Å². The first-order valence-corrected chi connectivity index (χ1v) is 10.8. The number of ether oxygens (including phenoxy) is 1. The van der Waals surface area contributed by atoms with Gasteiger partial charge in [0.25, 0.3) is 11.6 Å². The number of esters is 1. The summed E-state index contributed by atoms with van der Waals surface area (Å²) >= 11 is 5.74. The maximum atomic E-state index is 12.8. The number of halogens is 1. The van der Waals surface area contributed by atoms with Crippen molar-refractivity contribution in [3.05, 3.63) is 115 Å². The van der Waals surface area contributed by atoms with Crippen molar-refractivity contribution in [3.63, 3.8) is 0 Å². The summed E-state index contributed by atoms with van der Waals surface area (Å²) in [4.78, 5) is 62.2. The van der Waals surface area contributed by atoms with Gasteiger partial charge in [-0.15, -0.1) is 0 Å². The third-order valence-corrected chi connectivity index (χ3v) is 5.49. The lowest BCUT2D eigenvalue weighted by atomic mass is 10.1. The SMILES string of the molecule is O=C(COC(=O)c1ccc(NC(=O)c2cc(=O)[nH]c3ccccc23)cc1)c1ccc(Cl)c([N+](=O)[O-])c1. The minimum atomic E-state index is -0.801. The molecule has 4 rings (SSSR count). The highest BCUT2D eigenvalue weighted by Gasteiger charge is 2.18. The molecule has 11 heteroatoms. The van der Waals surface area contributed by atoms with E-state index in [1.54, 1.807) is 24.3 Å². The number of para-hydroxylation sites is 1. The van der Waals surface area contributed by atoms with Gasteiger partial charge in [-0.05, 0) is 42.5 Å². The molecule has 0 aliphatic heterocycles. The van der Waals surface area contributed by atoms with Crippen LogP contribution in [0.5, 0.6) is 0 Å². The summed E-state index contributed by atoms with van der Waals surface area (Å²) < 4.78 is 5.01. The zero-order chi connectivity index (χ0) is 25.8. The number of carbonyl (C=O) groups is 3. The Morgan fingerprint density at radius 1 is 0.972 bits per heavy atom. The quantitative estimate of drug-likeness (QED) is 0.164. The Labute approximate surface area is 207 Å². The van der Waals surface area contributed by atoms with Crippen LogP contribution in [0, 0.1) is 10.1 Å². The Bertz CT molecular complexity index is 1580. The number of fused-ring (bicyclic) bond motifs is 1. The van der Waals surface area contributed by atoms with E-state index < -0.39 is 40.4 Å². The van der Waals surface area contributed by atoms with Crippen molar-refractivity contribution in [2.75, 3.05) is 11.9 Å². The summed E-state index contributed by atoms with van der Waals surface area (Å²) in [5.41, 5.74) is 0.327. The number of hydrogen-bond acceptors (Lipinski definition) is 7. The number of aromatic amines is 1. The van der Waals surface area contributed by atoms with Crippen LogP contribution in [0.2, 0.25) is 5.02 Å². The molecule has 0 bridgehead atoms. The molecule has 0 aliphatic rings. The first kappa shape index (κ1) is 24.3. The fraction of sp³-hybridized carbons (Fsp3) is 0.0400. The molecule has 36 heavy (non-hydrogen) atoms. The number of nitrogens with one attached hydrogen (secondary N) is 2. The predicted molar refractivity (Wildman–Crippen MR) is 132 cm³/mol. The Morgan fingerprint density at radius 3 is 2.39 bits per heavy atom. The standard InChI is InChI=1S/C25H16ClN3O7/c26-19-10-7-15(11-21(19)29(34)35)22(30)13-36-25(33)14-5-8-16(9-6-14)27-24(32)18-12-23(31)28-20-4-2-1-3-17(18)20/h1-12H,13H2,(H,27,32)(H,28,31). The number of H-pyrrole nitrogens is 1. The predicted octanol–water partition coefficient (Wildman–Crippen LogP) is 4.38. The molecule has 0 saturated carbocycles. The van der Waals surface area contributed by atoms with E-state index in [0.717, 1.165) is 6.07 Å². The number of hydrogen-bond donors (Lipinski definition) is 2. The molecule has 0 spiro atoms. The van der Waals surface area contributed by atoms with E-state index in [1.807, 2.05) is 0 Å². The monoisotopic (exact) mass is 505 g/mol. The second-order valence-electron chi connectivity index (χ2n) is 7.55. The lowest BCUT2D eigenvalue weighted by Gasteiger charge is -2.09. The summed E-state index contributed by atoms with van der Waals surface area (Å²) in [6, 6.07) is 17.3. The number of nitro groups is 1. The number of pyridine rings is 1. The maximum Gasteiger partial charge on any atom is 0.338 e. The van der Waals surface area contributed by atoms with Crippen LogP contribution in [0.4, 0.5) is 11.4 Å². The summed E-state index contributed by atoms with van der Waals surface area (Å²) in [5, 5.41) is 14.1. The van der Waals surface area contributed by atoms with Gasteiger partial charge in [-0.2, -0.15) is 0 Å². The van der Waals surface area contributed by atoms with Crippen LogP contribution in [0.25, 0.3) is 10.9 Å². The van der Waals surface area contributed by atoms with Gasteiger partial charge in [0.05, 0.1) is 16.1 Å². The number of benzene rings is 3. The lowest BCUT2D eigenvalue weighted by molar-refractivity contribution is -0.384. The first-order valence-electron chi connectivity index (χ1n) is 10.4. The smallest absolute Gasteiger partial charge is 0.338 e. The molecule has 3 aromatic carbocycles. The topological polar surface area (TPSA) is 148 Å². The number of rotatable bonds is 7. The molecule has 4 aromatic rings. The molecule has 0 atom stereocenters. The van der Waals surface area contributed by atoms with Gasteiger partial charge >= 0.3 is 5.97 Å². The van der Waals surface area contributed by atoms with Crippen molar-refractivity contribution in [2.45, 2.75) is 0 Å². The third-order valence-electron chi connectivity index (χ3n) is 5.17. The number of carbonyl (C=O) groups excluding carboxylic acids is 3. The number of nitro benzene ring substituents is 1. The first-order chi connectivity index (χ1) is 17.2. The van der Waals surface area contributed by atoms with Crippen LogP contribution in [0.15, 0.2) is 77.6 Å². The van der Waals surface area contributed by atoms with Crippen molar-refractivity contribution in [3.8, 4) is 0 Å². The van der Waals surface area contributed by atoms with Crippen LogP contribution in [-0.4, -0.2) is 34.2 Å². The van der Waals surface area contributed by atoms with E-state index in [9.17, 15) is 29.3 Å². The largest absolute Gasteiger partial charge is 0.454 e. The van der Waals surface area contributed by atoms with Crippen molar-refractivity contribution in [2.24, 2.45) is 0 Å². The van der Waals surface area contributed by atoms with Crippen molar-refractivity contribution < 1.29 is 24.0 Å². The summed E-state index contributed by atoms with van der Waals surface area (Å²) in [6.07, 6.45) is 0. The van der Waals surface area contributed by atoms with E-state index in [4.69, 9.17) is 16.3 Å². The average molecular weight is 506 g/mol. The molecule has 1 heterocycles. The van der Waals surface area contributed by atoms with E-state index in [2.05, 4.69) is 10.3 Å². The van der Waals surface area contributed by atoms with Gasteiger partial charge < -0.3 is 15.0 Å². The zero-order valence-electron chi connectivity index (χ0n) is 18.3. The number of nitrogens with zero attached hydrogens (tertiary/aromatic N) is 1. The Balaban J connectivity index is 1.40. The molecule has 1 aromatic heterocycles. The maximum absolute atomic E-state index is 12.8. The lowest BCUT2D eigenvalue weighted by Crippen LogP contribution is -2.17. The summed E-state index contributed by atoms with van der Waals surface area (Å²) in [7, 11) is 0. The molecular weight excluding hydrogens is 490 g/mol. The van der Waals surface area contributed by atoms with Gasteiger partial charge in [-0.25, -0.2) is 4.79 Å². The molecule has 0 fully saturated rings. The molecule has 0 unspecified atom stereocenters. The van der Waals surface area contributed by atoms with Gasteiger partial charge in [0.2, 0.25) is 11.3 Å². The molecule has 0 saturated heterocycles. The number of aromatic nitrogens is 1.